The van der Waals surface area contributed by atoms with Crippen molar-refractivity contribution in [2.45, 2.75) is 24.1 Å². The quantitative estimate of drug-likeness (QED) is 0.621. The SMILES string of the molecule is CC1(C)[C@H](c2ccccc2)C1(Cl)Cl. The number of halogens is 2. The predicted molar refractivity (Wildman–Crippen MR) is 57.4 cm³/mol. The lowest BCUT2D eigenvalue weighted by atomic mass is 10.0. The molecule has 0 nitrogen and oxygen atoms in total. The topological polar surface area (TPSA) is 0 Å². The van der Waals surface area contributed by atoms with Crippen molar-refractivity contribution in [2.24, 2.45) is 5.41 Å². The Morgan fingerprint density at radius 1 is 1.08 bits per heavy atom. The van der Waals surface area contributed by atoms with Crippen molar-refractivity contribution < 1.29 is 0 Å². The molecule has 1 fully saturated rings. The summed E-state index contributed by atoms with van der Waals surface area (Å²) in [6.07, 6.45) is 0. The molecule has 0 bridgehead atoms. The standard InChI is InChI=1S/C11H12Cl2/c1-10(2)9(11(10,12)13)8-6-4-3-5-7-8/h3-7,9H,1-2H3/t9-/m0/s1. The highest BCUT2D eigenvalue weighted by atomic mass is 35.5. The maximum absolute atomic E-state index is 6.20. The highest BCUT2D eigenvalue weighted by Crippen LogP contribution is 2.73. The Kier molecular flexibility index (Phi) is 1.91. The second kappa shape index (κ2) is 2.65. The summed E-state index contributed by atoms with van der Waals surface area (Å²) in [5, 5.41) is 0. The lowest BCUT2D eigenvalue weighted by Crippen LogP contribution is -1.96. The highest BCUT2D eigenvalue weighted by Gasteiger charge is 2.70. The van der Waals surface area contributed by atoms with E-state index in [1.54, 1.807) is 0 Å². The third kappa shape index (κ3) is 1.19. The van der Waals surface area contributed by atoms with Crippen LogP contribution in [0.2, 0.25) is 0 Å². The molecule has 0 radical (unpaired) electrons. The fourth-order valence-electron chi connectivity index (χ4n) is 1.93. The molecule has 13 heavy (non-hydrogen) atoms. The van der Waals surface area contributed by atoms with Gasteiger partial charge in [0.2, 0.25) is 0 Å². The van der Waals surface area contributed by atoms with Crippen molar-refractivity contribution in [1.29, 1.82) is 0 Å². The summed E-state index contributed by atoms with van der Waals surface area (Å²) in [6.45, 7) is 4.20. The van der Waals surface area contributed by atoms with Gasteiger partial charge in [0.05, 0.1) is 0 Å². The van der Waals surface area contributed by atoms with Gasteiger partial charge in [-0.2, -0.15) is 0 Å². The number of benzene rings is 1. The van der Waals surface area contributed by atoms with E-state index < -0.39 is 4.33 Å². The first kappa shape index (κ1) is 9.36. The minimum Gasteiger partial charge on any atom is -0.100 e. The summed E-state index contributed by atoms with van der Waals surface area (Å²) >= 11 is 12.4. The summed E-state index contributed by atoms with van der Waals surface area (Å²) in [5.41, 5.74) is 1.23. The summed E-state index contributed by atoms with van der Waals surface area (Å²) in [4.78, 5) is 0. The highest BCUT2D eigenvalue weighted by molar-refractivity contribution is 6.52. The van der Waals surface area contributed by atoms with Crippen LogP contribution in [-0.4, -0.2) is 4.33 Å². The number of hydrogen-bond acceptors (Lipinski definition) is 0. The second-order valence-corrected chi connectivity index (χ2v) is 5.57. The first-order valence-electron chi connectivity index (χ1n) is 4.40. The zero-order valence-electron chi connectivity index (χ0n) is 7.72. The van der Waals surface area contributed by atoms with E-state index in [4.69, 9.17) is 23.2 Å². The van der Waals surface area contributed by atoms with Crippen molar-refractivity contribution in [1.82, 2.24) is 0 Å². The van der Waals surface area contributed by atoms with Crippen molar-refractivity contribution in [3.63, 3.8) is 0 Å². The molecule has 0 aliphatic heterocycles. The number of rotatable bonds is 1. The van der Waals surface area contributed by atoms with E-state index >= 15 is 0 Å². The molecule has 0 heterocycles. The van der Waals surface area contributed by atoms with Gasteiger partial charge in [0, 0.05) is 11.3 Å². The van der Waals surface area contributed by atoms with E-state index in [-0.39, 0.29) is 11.3 Å². The summed E-state index contributed by atoms with van der Waals surface area (Å²) in [5.74, 6) is 0.268. The molecule has 70 valence electrons. The zero-order chi connectivity index (χ0) is 9.69. The second-order valence-electron chi connectivity index (χ2n) is 4.19. The molecule has 1 saturated carbocycles. The molecule has 0 spiro atoms. The van der Waals surface area contributed by atoms with Crippen molar-refractivity contribution >= 4 is 23.2 Å². The van der Waals surface area contributed by atoms with Crippen LogP contribution in [0, 0.1) is 5.41 Å². The van der Waals surface area contributed by atoms with Crippen LogP contribution in [0.5, 0.6) is 0 Å². The normalized spacial score (nSPS) is 28.5. The molecule has 1 aromatic carbocycles. The Morgan fingerprint density at radius 2 is 1.54 bits per heavy atom. The van der Waals surface area contributed by atoms with Crippen molar-refractivity contribution in [2.75, 3.05) is 0 Å². The molecule has 2 heteroatoms. The van der Waals surface area contributed by atoms with Crippen LogP contribution in [0.15, 0.2) is 30.3 Å². The first-order valence-corrected chi connectivity index (χ1v) is 5.16. The van der Waals surface area contributed by atoms with E-state index in [0.29, 0.717) is 0 Å². The first-order chi connectivity index (χ1) is 5.98. The molecule has 1 aliphatic rings. The van der Waals surface area contributed by atoms with Crippen LogP contribution in [0.3, 0.4) is 0 Å². The van der Waals surface area contributed by atoms with Gasteiger partial charge in [-0.25, -0.2) is 0 Å². The van der Waals surface area contributed by atoms with E-state index in [1.807, 2.05) is 18.2 Å². The Balaban J connectivity index is 2.33. The Morgan fingerprint density at radius 3 is 1.92 bits per heavy atom. The maximum atomic E-state index is 6.20. The fourth-order valence-corrected chi connectivity index (χ4v) is 2.84. The molecule has 0 unspecified atom stereocenters. The van der Waals surface area contributed by atoms with Crippen molar-refractivity contribution in [3.05, 3.63) is 35.9 Å². The third-order valence-corrected chi connectivity index (χ3v) is 4.40. The molecule has 1 aromatic rings. The maximum Gasteiger partial charge on any atom is 0.131 e. The molecule has 0 aromatic heterocycles. The van der Waals surface area contributed by atoms with Crippen LogP contribution in [0.25, 0.3) is 0 Å². The van der Waals surface area contributed by atoms with E-state index in [1.165, 1.54) is 5.56 Å². The van der Waals surface area contributed by atoms with Crippen LogP contribution in [-0.2, 0) is 0 Å². The molecule has 1 aliphatic carbocycles. The summed E-state index contributed by atoms with van der Waals surface area (Å²) in [6, 6.07) is 10.2. The predicted octanol–water partition coefficient (Wildman–Crippen LogP) is 3.98. The lowest BCUT2D eigenvalue weighted by Gasteiger charge is -2.00. The molecule has 0 saturated heterocycles. The third-order valence-electron chi connectivity index (χ3n) is 2.99. The molecule has 0 amide bonds. The van der Waals surface area contributed by atoms with Gasteiger partial charge < -0.3 is 0 Å². The Hall–Kier alpha value is -0.200. The van der Waals surface area contributed by atoms with E-state index in [0.717, 1.165) is 0 Å². The minimum atomic E-state index is -0.589. The van der Waals surface area contributed by atoms with Gasteiger partial charge in [-0.1, -0.05) is 44.2 Å². The molecular formula is C11H12Cl2. The molecular weight excluding hydrogens is 203 g/mol. The molecule has 0 N–H and O–H groups in total. The van der Waals surface area contributed by atoms with Gasteiger partial charge >= 0.3 is 0 Å². The van der Waals surface area contributed by atoms with Gasteiger partial charge in [-0.15, -0.1) is 23.2 Å². The number of alkyl halides is 2. The monoisotopic (exact) mass is 214 g/mol. The van der Waals surface area contributed by atoms with Crippen LogP contribution >= 0.6 is 23.2 Å². The van der Waals surface area contributed by atoms with Crippen LogP contribution < -0.4 is 0 Å². The van der Waals surface area contributed by atoms with Crippen LogP contribution in [0.1, 0.15) is 25.3 Å². The average Bonchev–Trinajstić information content (AvgIpc) is 2.44. The Bertz CT molecular complexity index is 300. The van der Waals surface area contributed by atoms with Gasteiger partial charge in [-0.3, -0.25) is 0 Å². The van der Waals surface area contributed by atoms with E-state index in [9.17, 15) is 0 Å². The van der Waals surface area contributed by atoms with Gasteiger partial charge in [-0.05, 0) is 5.56 Å². The smallest absolute Gasteiger partial charge is 0.100 e. The lowest BCUT2D eigenvalue weighted by molar-refractivity contribution is 0.614. The van der Waals surface area contributed by atoms with Gasteiger partial charge in [0.15, 0.2) is 0 Å². The summed E-state index contributed by atoms with van der Waals surface area (Å²) < 4.78 is -0.589. The fraction of sp³-hybridized carbons (Fsp3) is 0.455. The van der Waals surface area contributed by atoms with Crippen molar-refractivity contribution in [3.8, 4) is 0 Å². The molecule has 2 rings (SSSR count). The average molecular weight is 215 g/mol. The summed E-state index contributed by atoms with van der Waals surface area (Å²) in [7, 11) is 0. The largest absolute Gasteiger partial charge is 0.131 e. The van der Waals surface area contributed by atoms with E-state index in [2.05, 4.69) is 26.0 Å². The molecule has 1 atom stereocenters. The van der Waals surface area contributed by atoms with Crippen LogP contribution in [0.4, 0.5) is 0 Å². The van der Waals surface area contributed by atoms with Gasteiger partial charge in [0.1, 0.15) is 4.33 Å². The Labute approximate surface area is 88.9 Å². The van der Waals surface area contributed by atoms with Gasteiger partial charge in [0.25, 0.3) is 0 Å². The zero-order valence-corrected chi connectivity index (χ0v) is 9.23. The minimum absolute atomic E-state index is 0.00252. The number of hydrogen-bond donors (Lipinski definition) is 0.